The highest BCUT2D eigenvalue weighted by atomic mass is 14.1. The van der Waals surface area contributed by atoms with E-state index in [2.05, 4.69) is 26.2 Å². The summed E-state index contributed by atoms with van der Waals surface area (Å²) in [7, 11) is 0. The summed E-state index contributed by atoms with van der Waals surface area (Å²) in [5.41, 5.74) is 4.22. The monoisotopic (exact) mass is 160 g/mol. The van der Waals surface area contributed by atoms with Crippen molar-refractivity contribution < 1.29 is 0 Å². The van der Waals surface area contributed by atoms with Crippen molar-refractivity contribution in [3.63, 3.8) is 0 Å². The van der Waals surface area contributed by atoms with Gasteiger partial charge in [0.05, 0.1) is 0 Å². The minimum absolute atomic E-state index is 1.18. The van der Waals surface area contributed by atoms with Crippen LogP contribution in [-0.4, -0.2) is 0 Å². The number of allylic oxidation sites excluding steroid dienone is 6. The molecule has 0 atom stereocenters. The molecule has 0 amide bonds. The van der Waals surface area contributed by atoms with E-state index in [1.807, 2.05) is 12.2 Å². The van der Waals surface area contributed by atoms with E-state index in [1.54, 1.807) is 0 Å². The zero-order chi connectivity index (χ0) is 8.97. The SMILES string of the molecule is C=C/C=C1\CCCC(C=C)=C1C. The first-order valence-corrected chi connectivity index (χ1v) is 4.43. The fourth-order valence-electron chi connectivity index (χ4n) is 1.66. The van der Waals surface area contributed by atoms with E-state index in [0.29, 0.717) is 0 Å². The van der Waals surface area contributed by atoms with Crippen LogP contribution in [0.3, 0.4) is 0 Å². The van der Waals surface area contributed by atoms with Crippen LogP contribution in [0.15, 0.2) is 48.1 Å². The van der Waals surface area contributed by atoms with Crippen molar-refractivity contribution in [2.24, 2.45) is 0 Å². The Balaban J connectivity index is 2.99. The lowest BCUT2D eigenvalue weighted by molar-refractivity contribution is 0.777. The third-order valence-corrected chi connectivity index (χ3v) is 2.42. The topological polar surface area (TPSA) is 0 Å². The number of hydrogen-bond donors (Lipinski definition) is 0. The maximum atomic E-state index is 3.82. The van der Waals surface area contributed by atoms with Gasteiger partial charge >= 0.3 is 0 Å². The van der Waals surface area contributed by atoms with Gasteiger partial charge in [0.1, 0.15) is 0 Å². The summed E-state index contributed by atoms with van der Waals surface area (Å²) in [5, 5.41) is 0. The average Bonchev–Trinajstić information content (AvgIpc) is 2.09. The molecule has 1 aliphatic carbocycles. The predicted molar refractivity (Wildman–Crippen MR) is 55.0 cm³/mol. The van der Waals surface area contributed by atoms with Gasteiger partial charge in [-0.05, 0) is 42.9 Å². The summed E-state index contributed by atoms with van der Waals surface area (Å²) in [5.74, 6) is 0. The van der Waals surface area contributed by atoms with E-state index in [-0.39, 0.29) is 0 Å². The second-order valence-electron chi connectivity index (χ2n) is 3.14. The van der Waals surface area contributed by atoms with Gasteiger partial charge in [0.2, 0.25) is 0 Å². The standard InChI is InChI=1S/C12H16/c1-4-7-12-9-6-8-11(5-2)10(12)3/h4-5,7H,1-2,6,8-9H2,3H3/b12-7+. The molecular weight excluding hydrogens is 144 g/mol. The Kier molecular flexibility index (Phi) is 3.09. The fraction of sp³-hybridized carbons (Fsp3) is 0.333. The van der Waals surface area contributed by atoms with Crippen LogP contribution in [0.5, 0.6) is 0 Å². The molecule has 0 aliphatic heterocycles. The van der Waals surface area contributed by atoms with E-state index >= 15 is 0 Å². The largest absolute Gasteiger partial charge is 0.0991 e. The lowest BCUT2D eigenvalue weighted by atomic mass is 9.88. The molecule has 0 saturated carbocycles. The summed E-state index contributed by atoms with van der Waals surface area (Å²) >= 11 is 0. The fourth-order valence-corrected chi connectivity index (χ4v) is 1.66. The van der Waals surface area contributed by atoms with Gasteiger partial charge in [0.25, 0.3) is 0 Å². The Morgan fingerprint density at radius 2 is 2.00 bits per heavy atom. The van der Waals surface area contributed by atoms with Crippen LogP contribution in [0.2, 0.25) is 0 Å². The van der Waals surface area contributed by atoms with Crippen molar-refractivity contribution in [1.29, 1.82) is 0 Å². The van der Waals surface area contributed by atoms with E-state index < -0.39 is 0 Å². The minimum atomic E-state index is 1.18. The molecule has 0 heterocycles. The van der Waals surface area contributed by atoms with E-state index in [1.165, 1.54) is 36.0 Å². The number of rotatable bonds is 2. The van der Waals surface area contributed by atoms with Gasteiger partial charge in [-0.25, -0.2) is 0 Å². The smallest absolute Gasteiger partial charge is 0.0273 e. The molecule has 0 bridgehead atoms. The third kappa shape index (κ3) is 1.76. The van der Waals surface area contributed by atoms with Gasteiger partial charge in [-0.3, -0.25) is 0 Å². The summed E-state index contributed by atoms with van der Waals surface area (Å²) in [6.07, 6.45) is 9.58. The molecule has 0 N–H and O–H groups in total. The first-order chi connectivity index (χ1) is 5.79. The molecule has 0 saturated heterocycles. The molecule has 1 rings (SSSR count). The van der Waals surface area contributed by atoms with Crippen molar-refractivity contribution >= 4 is 0 Å². The molecule has 12 heavy (non-hydrogen) atoms. The highest BCUT2D eigenvalue weighted by Crippen LogP contribution is 2.29. The predicted octanol–water partition coefficient (Wildman–Crippen LogP) is 3.79. The Bertz CT molecular complexity index is 251. The maximum absolute atomic E-state index is 3.82. The molecule has 0 nitrogen and oxygen atoms in total. The van der Waals surface area contributed by atoms with Gasteiger partial charge in [-0.15, -0.1) is 0 Å². The number of hydrogen-bond acceptors (Lipinski definition) is 0. The third-order valence-electron chi connectivity index (χ3n) is 2.42. The van der Waals surface area contributed by atoms with Gasteiger partial charge < -0.3 is 0 Å². The Morgan fingerprint density at radius 1 is 1.25 bits per heavy atom. The Hall–Kier alpha value is -1.04. The molecule has 0 spiro atoms. The quantitative estimate of drug-likeness (QED) is 0.576. The summed E-state index contributed by atoms with van der Waals surface area (Å²) in [6, 6.07) is 0. The van der Waals surface area contributed by atoms with Crippen molar-refractivity contribution in [3.8, 4) is 0 Å². The molecule has 1 aliphatic rings. The van der Waals surface area contributed by atoms with Crippen LogP contribution in [0.25, 0.3) is 0 Å². The molecule has 0 unspecified atom stereocenters. The second-order valence-corrected chi connectivity index (χ2v) is 3.14. The maximum Gasteiger partial charge on any atom is -0.0273 e. The zero-order valence-electron chi connectivity index (χ0n) is 7.77. The van der Waals surface area contributed by atoms with Crippen LogP contribution >= 0.6 is 0 Å². The zero-order valence-corrected chi connectivity index (χ0v) is 7.77. The highest BCUT2D eigenvalue weighted by Gasteiger charge is 2.10. The highest BCUT2D eigenvalue weighted by molar-refractivity contribution is 5.41. The lowest BCUT2D eigenvalue weighted by Gasteiger charge is -2.17. The van der Waals surface area contributed by atoms with Crippen molar-refractivity contribution in [3.05, 3.63) is 48.1 Å². The molecule has 64 valence electrons. The molecule has 0 aromatic heterocycles. The molecule has 0 heteroatoms. The van der Waals surface area contributed by atoms with Gasteiger partial charge in [-0.1, -0.05) is 31.4 Å². The van der Waals surface area contributed by atoms with Crippen molar-refractivity contribution in [1.82, 2.24) is 0 Å². The van der Waals surface area contributed by atoms with Crippen LogP contribution < -0.4 is 0 Å². The van der Waals surface area contributed by atoms with E-state index in [0.717, 1.165) is 0 Å². The van der Waals surface area contributed by atoms with Crippen molar-refractivity contribution in [2.75, 3.05) is 0 Å². The summed E-state index contributed by atoms with van der Waals surface area (Å²) < 4.78 is 0. The van der Waals surface area contributed by atoms with Gasteiger partial charge in [0.15, 0.2) is 0 Å². The van der Waals surface area contributed by atoms with Crippen LogP contribution in [0.1, 0.15) is 26.2 Å². The Labute approximate surface area is 75.0 Å². The minimum Gasteiger partial charge on any atom is -0.0991 e. The second kappa shape index (κ2) is 4.10. The van der Waals surface area contributed by atoms with Gasteiger partial charge in [-0.2, -0.15) is 0 Å². The van der Waals surface area contributed by atoms with Crippen LogP contribution in [0.4, 0.5) is 0 Å². The van der Waals surface area contributed by atoms with Crippen molar-refractivity contribution in [2.45, 2.75) is 26.2 Å². The first kappa shape index (κ1) is 9.05. The molecule has 0 fully saturated rings. The normalized spacial score (nSPS) is 21.2. The molecule has 0 aromatic carbocycles. The van der Waals surface area contributed by atoms with Crippen LogP contribution in [-0.2, 0) is 0 Å². The molecule has 0 aromatic rings. The summed E-state index contributed by atoms with van der Waals surface area (Å²) in [6.45, 7) is 9.71. The van der Waals surface area contributed by atoms with E-state index in [4.69, 9.17) is 0 Å². The first-order valence-electron chi connectivity index (χ1n) is 4.43. The van der Waals surface area contributed by atoms with E-state index in [9.17, 15) is 0 Å². The average molecular weight is 160 g/mol. The summed E-state index contributed by atoms with van der Waals surface area (Å²) in [4.78, 5) is 0. The van der Waals surface area contributed by atoms with Crippen LogP contribution in [0, 0.1) is 0 Å². The Morgan fingerprint density at radius 3 is 2.58 bits per heavy atom. The molecule has 0 radical (unpaired) electrons. The lowest BCUT2D eigenvalue weighted by Crippen LogP contribution is -1.98. The molecular formula is C12H16. The van der Waals surface area contributed by atoms with Gasteiger partial charge in [0, 0.05) is 0 Å².